The molecule has 0 saturated heterocycles. The van der Waals surface area contributed by atoms with Crippen molar-refractivity contribution in [2.45, 2.75) is 6.42 Å². The third-order valence-electron chi connectivity index (χ3n) is 3.55. The van der Waals surface area contributed by atoms with Crippen LogP contribution in [-0.4, -0.2) is 9.51 Å². The fraction of sp³-hybridized carbons (Fsp3) is 0.0667. The topological polar surface area (TPSA) is 24.6 Å². The molecule has 1 aliphatic carbocycles. The Kier molecular flexibility index (Phi) is 1.52. The zero-order valence-corrected chi connectivity index (χ0v) is 9.22. The highest BCUT2D eigenvalue weighted by atomic mass is 16.3. The number of fused-ring (bicyclic) bond motifs is 5. The highest BCUT2D eigenvalue weighted by Crippen LogP contribution is 2.42. The molecule has 17 heavy (non-hydrogen) atoms. The molecule has 0 bridgehead atoms. The molecule has 1 N–H and O–H groups in total. The molecule has 0 amide bonds. The number of hydrogen-bond acceptors (Lipinski definition) is 1. The van der Waals surface area contributed by atoms with Crippen molar-refractivity contribution in [1.82, 2.24) is 4.40 Å². The van der Waals surface area contributed by atoms with Crippen molar-refractivity contribution in [2.24, 2.45) is 0 Å². The van der Waals surface area contributed by atoms with Gasteiger partial charge in [-0.15, -0.1) is 0 Å². The molecule has 2 heterocycles. The summed E-state index contributed by atoms with van der Waals surface area (Å²) in [6.45, 7) is 0. The smallest absolute Gasteiger partial charge is 0.127 e. The fourth-order valence-electron chi connectivity index (χ4n) is 2.80. The Labute approximate surface area is 98.8 Å². The highest BCUT2D eigenvalue weighted by Gasteiger charge is 2.23. The van der Waals surface area contributed by atoms with Crippen LogP contribution in [-0.2, 0) is 6.42 Å². The first-order chi connectivity index (χ1) is 8.34. The van der Waals surface area contributed by atoms with Crippen LogP contribution in [0.15, 0.2) is 48.7 Å². The monoisotopic (exact) mass is 221 g/mol. The van der Waals surface area contributed by atoms with Crippen molar-refractivity contribution in [3.8, 4) is 16.9 Å². The van der Waals surface area contributed by atoms with Gasteiger partial charge in [-0.3, -0.25) is 0 Å². The molecular weight excluding hydrogens is 210 g/mol. The summed E-state index contributed by atoms with van der Waals surface area (Å²) in [5.41, 5.74) is 5.68. The number of benzene rings is 1. The molecule has 2 aromatic heterocycles. The predicted molar refractivity (Wildman–Crippen MR) is 67.3 cm³/mol. The quantitative estimate of drug-likeness (QED) is 0.484. The average molecular weight is 221 g/mol. The van der Waals surface area contributed by atoms with Crippen molar-refractivity contribution < 1.29 is 5.11 Å². The van der Waals surface area contributed by atoms with E-state index in [-0.39, 0.29) is 0 Å². The molecule has 0 atom stereocenters. The van der Waals surface area contributed by atoms with Gasteiger partial charge in [0.05, 0.1) is 0 Å². The Bertz CT molecular complexity index is 740. The van der Waals surface area contributed by atoms with Gasteiger partial charge in [0.1, 0.15) is 5.75 Å². The average Bonchev–Trinajstić information content (AvgIpc) is 2.91. The Morgan fingerprint density at radius 3 is 2.88 bits per heavy atom. The van der Waals surface area contributed by atoms with Crippen LogP contribution >= 0.6 is 0 Å². The number of nitrogens with zero attached hydrogens (tertiary/aromatic N) is 1. The maximum atomic E-state index is 10.2. The molecule has 0 spiro atoms. The number of aromatic hydroxyl groups is 1. The van der Waals surface area contributed by atoms with Gasteiger partial charge in [-0.2, -0.15) is 0 Å². The van der Waals surface area contributed by atoms with Gasteiger partial charge in [0.25, 0.3) is 0 Å². The number of rotatable bonds is 0. The first-order valence-electron chi connectivity index (χ1n) is 5.75. The summed E-state index contributed by atoms with van der Waals surface area (Å²) in [6.07, 6.45) is 2.95. The lowest BCUT2D eigenvalue weighted by atomic mass is 10.1. The van der Waals surface area contributed by atoms with E-state index in [1.807, 2.05) is 24.3 Å². The number of pyridine rings is 1. The van der Waals surface area contributed by atoms with Gasteiger partial charge in [0, 0.05) is 35.5 Å². The van der Waals surface area contributed by atoms with Gasteiger partial charge in [-0.1, -0.05) is 24.3 Å². The Balaban J connectivity index is 2.17. The molecule has 4 rings (SSSR count). The minimum atomic E-state index is 0.385. The van der Waals surface area contributed by atoms with E-state index in [0.717, 1.165) is 23.1 Å². The molecule has 82 valence electrons. The zero-order chi connectivity index (χ0) is 11.4. The molecule has 2 heteroatoms. The van der Waals surface area contributed by atoms with E-state index in [9.17, 15) is 5.11 Å². The Morgan fingerprint density at radius 2 is 1.94 bits per heavy atom. The first-order valence-corrected chi connectivity index (χ1v) is 5.75. The molecule has 0 unspecified atom stereocenters. The third kappa shape index (κ3) is 1.04. The minimum Gasteiger partial charge on any atom is -0.507 e. The summed E-state index contributed by atoms with van der Waals surface area (Å²) in [6, 6.07) is 14.1. The summed E-state index contributed by atoms with van der Waals surface area (Å²) in [7, 11) is 0. The van der Waals surface area contributed by atoms with E-state index in [0.29, 0.717) is 5.75 Å². The van der Waals surface area contributed by atoms with Gasteiger partial charge in [0.2, 0.25) is 0 Å². The number of hydrogen-bond donors (Lipinski definition) is 1. The zero-order valence-electron chi connectivity index (χ0n) is 9.22. The van der Waals surface area contributed by atoms with Crippen LogP contribution in [0.3, 0.4) is 0 Å². The summed E-state index contributed by atoms with van der Waals surface area (Å²) < 4.78 is 2.16. The summed E-state index contributed by atoms with van der Waals surface area (Å²) >= 11 is 0. The van der Waals surface area contributed by atoms with E-state index in [2.05, 4.69) is 28.8 Å². The van der Waals surface area contributed by atoms with Gasteiger partial charge in [0.15, 0.2) is 0 Å². The lowest BCUT2D eigenvalue weighted by Crippen LogP contribution is -1.93. The van der Waals surface area contributed by atoms with Crippen LogP contribution in [0.5, 0.6) is 5.75 Å². The minimum absolute atomic E-state index is 0.385. The maximum Gasteiger partial charge on any atom is 0.127 e. The number of aromatic nitrogens is 1. The first kappa shape index (κ1) is 8.88. The third-order valence-corrected chi connectivity index (χ3v) is 3.55. The van der Waals surface area contributed by atoms with Crippen LogP contribution < -0.4 is 0 Å². The van der Waals surface area contributed by atoms with Crippen molar-refractivity contribution in [1.29, 1.82) is 0 Å². The van der Waals surface area contributed by atoms with Crippen LogP contribution in [0, 0.1) is 0 Å². The van der Waals surface area contributed by atoms with Gasteiger partial charge in [-0.05, 0) is 23.3 Å². The van der Waals surface area contributed by atoms with Gasteiger partial charge < -0.3 is 9.51 Å². The second-order valence-corrected chi connectivity index (χ2v) is 4.49. The van der Waals surface area contributed by atoms with Crippen molar-refractivity contribution in [3.05, 3.63) is 59.9 Å². The van der Waals surface area contributed by atoms with Crippen molar-refractivity contribution in [3.63, 3.8) is 0 Å². The summed E-state index contributed by atoms with van der Waals surface area (Å²) in [5.74, 6) is 0.385. The molecule has 1 aliphatic rings. The van der Waals surface area contributed by atoms with Crippen LogP contribution in [0.2, 0.25) is 0 Å². The molecular formula is C15H11NO. The van der Waals surface area contributed by atoms with E-state index in [4.69, 9.17) is 0 Å². The molecule has 0 aliphatic heterocycles. The van der Waals surface area contributed by atoms with Gasteiger partial charge >= 0.3 is 0 Å². The molecule has 3 aromatic rings. The van der Waals surface area contributed by atoms with Crippen LogP contribution in [0.4, 0.5) is 0 Å². The van der Waals surface area contributed by atoms with Gasteiger partial charge in [-0.25, -0.2) is 0 Å². The fourth-order valence-corrected chi connectivity index (χ4v) is 2.80. The van der Waals surface area contributed by atoms with E-state index in [1.54, 1.807) is 0 Å². The van der Waals surface area contributed by atoms with E-state index >= 15 is 0 Å². The molecule has 0 fully saturated rings. The second kappa shape index (κ2) is 2.92. The predicted octanol–water partition coefficient (Wildman–Crippen LogP) is 3.22. The SMILES string of the molecule is Oc1cc2cccn2c2c1-c1ccccc1C2. The maximum absolute atomic E-state index is 10.2. The summed E-state index contributed by atoms with van der Waals surface area (Å²) in [4.78, 5) is 0. The lowest BCUT2D eigenvalue weighted by Gasteiger charge is -2.07. The highest BCUT2D eigenvalue weighted by molar-refractivity contribution is 5.82. The van der Waals surface area contributed by atoms with Crippen molar-refractivity contribution >= 4 is 5.52 Å². The van der Waals surface area contributed by atoms with Crippen molar-refractivity contribution in [2.75, 3.05) is 0 Å². The van der Waals surface area contributed by atoms with Crippen LogP contribution in [0.1, 0.15) is 11.3 Å². The Hall–Kier alpha value is -2.22. The normalized spacial score (nSPS) is 12.7. The largest absolute Gasteiger partial charge is 0.507 e. The second-order valence-electron chi connectivity index (χ2n) is 4.49. The van der Waals surface area contributed by atoms with E-state index < -0.39 is 0 Å². The molecule has 1 aromatic carbocycles. The Morgan fingerprint density at radius 1 is 1.06 bits per heavy atom. The lowest BCUT2D eigenvalue weighted by molar-refractivity contribution is 0.477. The molecule has 0 radical (unpaired) electrons. The van der Waals surface area contributed by atoms with Crippen LogP contribution in [0.25, 0.3) is 16.6 Å². The molecule has 0 saturated carbocycles. The molecule has 2 nitrogen and oxygen atoms in total. The summed E-state index contributed by atoms with van der Waals surface area (Å²) in [5, 5.41) is 10.2. The standard InChI is InChI=1S/C15H11NO/c17-14-9-11-5-3-7-16(11)13-8-10-4-1-2-6-12(10)15(13)14/h1-7,9,17H,8H2. The van der Waals surface area contributed by atoms with E-state index in [1.165, 1.54) is 11.3 Å².